The lowest BCUT2D eigenvalue weighted by atomic mass is 9.87. The van der Waals surface area contributed by atoms with Crippen LogP contribution in [-0.4, -0.2) is 43.0 Å². The van der Waals surface area contributed by atoms with Crippen molar-refractivity contribution in [2.24, 2.45) is 5.92 Å². The van der Waals surface area contributed by atoms with Gasteiger partial charge in [0.05, 0.1) is 17.4 Å². The zero-order valence-electron chi connectivity index (χ0n) is 18.8. The minimum Gasteiger partial charge on any atom is -0.321 e. The molecule has 5 heterocycles. The third-order valence-corrected chi connectivity index (χ3v) is 7.19. The van der Waals surface area contributed by atoms with E-state index in [4.69, 9.17) is 9.97 Å². The predicted octanol–water partition coefficient (Wildman–Crippen LogP) is 4.86. The Bertz CT molecular complexity index is 1290. The summed E-state index contributed by atoms with van der Waals surface area (Å²) in [5.74, 6) is 2.20. The minimum absolute atomic E-state index is 0.454. The van der Waals surface area contributed by atoms with Crippen molar-refractivity contribution in [3.8, 4) is 0 Å². The van der Waals surface area contributed by atoms with Crippen molar-refractivity contribution in [3.63, 3.8) is 0 Å². The van der Waals surface area contributed by atoms with E-state index in [1.807, 2.05) is 24.7 Å². The second kappa shape index (κ2) is 7.81. The van der Waals surface area contributed by atoms with Crippen LogP contribution >= 0.6 is 0 Å². The zero-order chi connectivity index (χ0) is 21.7. The van der Waals surface area contributed by atoms with Crippen molar-refractivity contribution >= 4 is 33.7 Å². The van der Waals surface area contributed by atoms with Gasteiger partial charge in [-0.3, -0.25) is 4.98 Å². The van der Waals surface area contributed by atoms with Crippen LogP contribution < -0.4 is 5.32 Å². The molecule has 0 bridgehead atoms. The summed E-state index contributed by atoms with van der Waals surface area (Å²) in [7, 11) is 2.14. The molecule has 0 radical (unpaired) electrons. The maximum atomic E-state index is 4.99. The molecular formula is C25H29N7. The quantitative estimate of drug-likeness (QED) is 0.504. The first-order valence-corrected chi connectivity index (χ1v) is 11.7. The molecule has 0 saturated heterocycles. The van der Waals surface area contributed by atoms with Crippen molar-refractivity contribution in [1.29, 1.82) is 0 Å². The molecule has 1 aliphatic heterocycles. The van der Waals surface area contributed by atoms with E-state index in [-0.39, 0.29) is 0 Å². The number of rotatable bonds is 3. The van der Waals surface area contributed by atoms with Crippen molar-refractivity contribution in [3.05, 3.63) is 48.0 Å². The first-order chi connectivity index (χ1) is 15.7. The standard InChI is InChI=1S/C25H29N7/c1-16-3-6-18(7-4-16)32-22-14-26-11-9-19(22)20-13-27-25(30-24(20)32)29-23-8-5-17-10-12-31(2)15-21(17)28-23/h5,8-9,11,13-14,16,18H,3-4,6-7,10,12,15H2,1-2H3,(H,27,28,29,30)/t16-,18-. The number of nitrogens with one attached hydrogen (secondary N) is 1. The average Bonchev–Trinajstić information content (AvgIpc) is 3.13. The van der Waals surface area contributed by atoms with Crippen LogP contribution in [0, 0.1) is 5.92 Å². The highest BCUT2D eigenvalue weighted by Crippen LogP contribution is 2.38. The number of anilines is 2. The molecule has 1 fully saturated rings. The summed E-state index contributed by atoms with van der Waals surface area (Å²) in [4.78, 5) is 21.2. The van der Waals surface area contributed by atoms with Gasteiger partial charge in [-0.2, -0.15) is 4.98 Å². The summed E-state index contributed by atoms with van der Waals surface area (Å²) < 4.78 is 2.41. The summed E-state index contributed by atoms with van der Waals surface area (Å²) in [5, 5.41) is 5.63. The lowest BCUT2D eigenvalue weighted by Crippen LogP contribution is -2.27. The van der Waals surface area contributed by atoms with Crippen LogP contribution in [0.5, 0.6) is 0 Å². The molecule has 1 aliphatic carbocycles. The van der Waals surface area contributed by atoms with Crippen molar-refractivity contribution in [2.45, 2.75) is 51.6 Å². The van der Waals surface area contributed by atoms with E-state index in [2.05, 4.69) is 50.9 Å². The fourth-order valence-corrected chi connectivity index (χ4v) is 5.32. The molecule has 4 aromatic rings. The Hall–Kier alpha value is -3.06. The third-order valence-electron chi connectivity index (χ3n) is 7.19. The van der Waals surface area contributed by atoms with Gasteiger partial charge in [-0.15, -0.1) is 0 Å². The van der Waals surface area contributed by atoms with Crippen molar-refractivity contribution in [2.75, 3.05) is 18.9 Å². The van der Waals surface area contributed by atoms with E-state index in [9.17, 15) is 0 Å². The highest BCUT2D eigenvalue weighted by Gasteiger charge is 2.24. The van der Waals surface area contributed by atoms with Gasteiger partial charge in [-0.25, -0.2) is 9.97 Å². The molecule has 32 heavy (non-hydrogen) atoms. The van der Waals surface area contributed by atoms with Crippen LogP contribution in [0.4, 0.5) is 11.8 Å². The lowest BCUT2D eigenvalue weighted by molar-refractivity contribution is 0.298. The Morgan fingerprint density at radius 1 is 1.00 bits per heavy atom. The molecule has 0 aromatic carbocycles. The monoisotopic (exact) mass is 427 g/mol. The second-order valence-electron chi connectivity index (χ2n) is 9.52. The molecular weight excluding hydrogens is 398 g/mol. The van der Waals surface area contributed by atoms with E-state index in [1.54, 1.807) is 0 Å². The molecule has 0 atom stereocenters. The lowest BCUT2D eigenvalue weighted by Gasteiger charge is -2.28. The van der Waals surface area contributed by atoms with Gasteiger partial charge < -0.3 is 14.8 Å². The molecule has 6 rings (SSSR count). The van der Waals surface area contributed by atoms with E-state index in [0.29, 0.717) is 12.0 Å². The van der Waals surface area contributed by atoms with Gasteiger partial charge in [-0.05, 0) is 62.8 Å². The topological polar surface area (TPSA) is 71.8 Å². The van der Waals surface area contributed by atoms with Gasteiger partial charge in [0.15, 0.2) is 0 Å². The van der Waals surface area contributed by atoms with Crippen LogP contribution in [0.15, 0.2) is 36.8 Å². The highest BCUT2D eigenvalue weighted by molar-refractivity contribution is 6.06. The minimum atomic E-state index is 0.454. The molecule has 1 saturated carbocycles. The predicted molar refractivity (Wildman–Crippen MR) is 127 cm³/mol. The fourth-order valence-electron chi connectivity index (χ4n) is 5.32. The van der Waals surface area contributed by atoms with Gasteiger partial charge in [0.2, 0.25) is 5.95 Å². The first-order valence-electron chi connectivity index (χ1n) is 11.7. The van der Waals surface area contributed by atoms with Crippen LogP contribution in [0.2, 0.25) is 0 Å². The van der Waals surface area contributed by atoms with Crippen LogP contribution in [0.1, 0.15) is 49.9 Å². The smallest absolute Gasteiger partial charge is 0.230 e. The SMILES string of the molecule is CN1CCc2ccc(Nc3ncc4c5ccncc5n([C@H]5CC[C@H](C)CC5)c4n3)nc2C1. The van der Waals surface area contributed by atoms with Crippen molar-refractivity contribution < 1.29 is 0 Å². The molecule has 4 aromatic heterocycles. The van der Waals surface area contributed by atoms with Crippen LogP contribution in [0.25, 0.3) is 21.9 Å². The molecule has 164 valence electrons. The van der Waals surface area contributed by atoms with Crippen molar-refractivity contribution in [1.82, 2.24) is 29.4 Å². The number of hydrogen-bond donors (Lipinski definition) is 1. The maximum absolute atomic E-state index is 4.99. The molecule has 0 amide bonds. The normalized spacial score (nSPS) is 21.7. The second-order valence-corrected chi connectivity index (χ2v) is 9.52. The molecule has 0 spiro atoms. The third kappa shape index (κ3) is 3.41. The Morgan fingerprint density at radius 3 is 2.75 bits per heavy atom. The van der Waals surface area contributed by atoms with Gasteiger partial charge in [0.25, 0.3) is 0 Å². The Labute approximate surface area is 187 Å². The Morgan fingerprint density at radius 2 is 1.88 bits per heavy atom. The van der Waals surface area contributed by atoms with Gasteiger partial charge in [0.1, 0.15) is 11.5 Å². The molecule has 1 N–H and O–H groups in total. The van der Waals surface area contributed by atoms with Gasteiger partial charge in [-0.1, -0.05) is 13.0 Å². The number of hydrogen-bond acceptors (Lipinski definition) is 6. The Balaban J connectivity index is 1.40. The van der Waals surface area contributed by atoms with Crippen LogP contribution in [0.3, 0.4) is 0 Å². The molecule has 0 unspecified atom stereocenters. The highest BCUT2D eigenvalue weighted by atomic mass is 15.2. The summed E-state index contributed by atoms with van der Waals surface area (Å²) in [5.41, 5.74) is 4.62. The molecule has 7 heteroatoms. The van der Waals surface area contributed by atoms with Crippen LogP contribution in [-0.2, 0) is 13.0 Å². The van der Waals surface area contributed by atoms with E-state index in [1.165, 1.54) is 36.6 Å². The van der Waals surface area contributed by atoms with E-state index < -0.39 is 0 Å². The number of fused-ring (bicyclic) bond motifs is 4. The van der Waals surface area contributed by atoms with E-state index >= 15 is 0 Å². The molecule has 7 nitrogen and oxygen atoms in total. The summed E-state index contributed by atoms with van der Waals surface area (Å²) in [6.45, 7) is 4.32. The van der Waals surface area contributed by atoms with Gasteiger partial charge >= 0.3 is 0 Å². The molecule has 2 aliphatic rings. The number of likely N-dealkylation sites (N-methyl/N-ethyl adjacent to an activating group) is 1. The van der Waals surface area contributed by atoms with E-state index in [0.717, 1.165) is 53.5 Å². The number of nitrogens with zero attached hydrogens (tertiary/aromatic N) is 6. The fraction of sp³-hybridized carbons (Fsp3) is 0.440. The first kappa shape index (κ1) is 19.6. The largest absolute Gasteiger partial charge is 0.321 e. The zero-order valence-corrected chi connectivity index (χ0v) is 18.8. The summed E-state index contributed by atoms with van der Waals surface area (Å²) in [6, 6.07) is 6.76. The van der Waals surface area contributed by atoms with Gasteiger partial charge in [0, 0.05) is 42.3 Å². The number of pyridine rings is 2. The average molecular weight is 428 g/mol. The summed E-state index contributed by atoms with van der Waals surface area (Å²) in [6.07, 6.45) is 11.7. The summed E-state index contributed by atoms with van der Waals surface area (Å²) >= 11 is 0. The maximum Gasteiger partial charge on any atom is 0.230 e. The Kier molecular flexibility index (Phi) is 4.79. The number of aromatic nitrogens is 5.